The lowest BCUT2D eigenvalue weighted by atomic mass is 10.0. The molecule has 82 valence electrons. The summed E-state index contributed by atoms with van der Waals surface area (Å²) in [5, 5.41) is 3.31. The highest BCUT2D eigenvalue weighted by molar-refractivity contribution is 6.31. The molecule has 0 aromatic carbocycles. The maximum Gasteiger partial charge on any atom is 0.171 e. The van der Waals surface area contributed by atoms with Gasteiger partial charge in [-0.3, -0.25) is 4.79 Å². The summed E-state index contributed by atoms with van der Waals surface area (Å²) in [6.45, 7) is 6.17. The van der Waals surface area contributed by atoms with Crippen molar-refractivity contribution >= 4 is 23.7 Å². The van der Waals surface area contributed by atoms with E-state index in [0.29, 0.717) is 12.1 Å². The molecule has 0 bridgehead atoms. The standard InChI is InChI=1S/C10H14ClN3O/c1-4-10(2,3)14-8-5-12-7(6-15)9(11)13-8/h5-6H,4H2,1-3H3,(H,13,14). The number of nitrogens with zero attached hydrogens (tertiary/aromatic N) is 2. The molecule has 1 rings (SSSR count). The largest absolute Gasteiger partial charge is 0.364 e. The second-order valence-corrected chi connectivity index (χ2v) is 4.27. The van der Waals surface area contributed by atoms with Gasteiger partial charge in [-0.2, -0.15) is 0 Å². The first-order valence-corrected chi connectivity index (χ1v) is 5.12. The summed E-state index contributed by atoms with van der Waals surface area (Å²) in [5.74, 6) is 0.581. The number of rotatable bonds is 4. The SMILES string of the molecule is CCC(C)(C)Nc1cnc(C=O)c(Cl)n1. The van der Waals surface area contributed by atoms with Gasteiger partial charge in [-0.1, -0.05) is 18.5 Å². The van der Waals surface area contributed by atoms with Gasteiger partial charge < -0.3 is 5.32 Å². The van der Waals surface area contributed by atoms with E-state index in [4.69, 9.17) is 11.6 Å². The summed E-state index contributed by atoms with van der Waals surface area (Å²) in [5.41, 5.74) is 0.0947. The Labute approximate surface area is 94.1 Å². The van der Waals surface area contributed by atoms with Crippen LogP contribution in [0.25, 0.3) is 0 Å². The van der Waals surface area contributed by atoms with Crippen molar-refractivity contribution in [2.24, 2.45) is 0 Å². The lowest BCUT2D eigenvalue weighted by Crippen LogP contribution is -2.30. The zero-order valence-corrected chi connectivity index (χ0v) is 9.80. The van der Waals surface area contributed by atoms with Crippen molar-refractivity contribution in [3.8, 4) is 0 Å². The highest BCUT2D eigenvalue weighted by Crippen LogP contribution is 2.17. The second kappa shape index (κ2) is 4.57. The molecule has 1 N–H and O–H groups in total. The minimum Gasteiger partial charge on any atom is -0.364 e. The highest BCUT2D eigenvalue weighted by Gasteiger charge is 2.15. The Morgan fingerprint density at radius 2 is 2.27 bits per heavy atom. The average Bonchev–Trinajstić information content (AvgIpc) is 2.17. The van der Waals surface area contributed by atoms with E-state index >= 15 is 0 Å². The number of nitrogens with one attached hydrogen (secondary N) is 1. The fourth-order valence-electron chi connectivity index (χ4n) is 0.950. The van der Waals surface area contributed by atoms with Crippen LogP contribution in [0.1, 0.15) is 37.7 Å². The molecule has 0 atom stereocenters. The monoisotopic (exact) mass is 227 g/mol. The van der Waals surface area contributed by atoms with E-state index in [1.165, 1.54) is 6.20 Å². The van der Waals surface area contributed by atoms with Crippen molar-refractivity contribution in [3.05, 3.63) is 17.0 Å². The number of hydrogen-bond acceptors (Lipinski definition) is 4. The Kier molecular flexibility index (Phi) is 3.63. The molecule has 0 aliphatic rings. The number of aromatic nitrogens is 2. The third kappa shape index (κ3) is 3.16. The van der Waals surface area contributed by atoms with E-state index in [2.05, 4.69) is 36.1 Å². The fraction of sp³-hybridized carbons (Fsp3) is 0.500. The maximum atomic E-state index is 10.5. The van der Waals surface area contributed by atoms with Crippen LogP contribution in [0.4, 0.5) is 5.82 Å². The van der Waals surface area contributed by atoms with Gasteiger partial charge in [0.15, 0.2) is 11.4 Å². The minimum absolute atomic E-state index is 0.0687. The first-order chi connectivity index (χ1) is 6.98. The lowest BCUT2D eigenvalue weighted by Gasteiger charge is -2.24. The maximum absolute atomic E-state index is 10.5. The average molecular weight is 228 g/mol. The molecule has 15 heavy (non-hydrogen) atoms. The van der Waals surface area contributed by atoms with Crippen LogP contribution in [0.3, 0.4) is 0 Å². The Bertz CT molecular complexity index is 366. The van der Waals surface area contributed by atoms with Gasteiger partial charge in [-0.05, 0) is 20.3 Å². The predicted octanol–water partition coefficient (Wildman–Crippen LogP) is 2.54. The van der Waals surface area contributed by atoms with Gasteiger partial charge in [0.25, 0.3) is 0 Å². The second-order valence-electron chi connectivity index (χ2n) is 3.91. The molecule has 0 spiro atoms. The van der Waals surface area contributed by atoms with Crippen LogP contribution >= 0.6 is 11.6 Å². The molecule has 0 fully saturated rings. The Morgan fingerprint density at radius 1 is 1.60 bits per heavy atom. The van der Waals surface area contributed by atoms with Crippen molar-refractivity contribution in [3.63, 3.8) is 0 Å². The van der Waals surface area contributed by atoms with Crippen molar-refractivity contribution in [2.45, 2.75) is 32.7 Å². The fourth-order valence-corrected chi connectivity index (χ4v) is 1.13. The molecular formula is C10H14ClN3O. The van der Waals surface area contributed by atoms with Crippen molar-refractivity contribution in [2.75, 3.05) is 5.32 Å². The molecule has 0 saturated carbocycles. The van der Waals surface area contributed by atoms with Crippen LogP contribution in [0, 0.1) is 0 Å². The third-order valence-corrected chi connectivity index (χ3v) is 2.50. The molecule has 1 aromatic heterocycles. The molecule has 0 amide bonds. The Balaban J connectivity index is 2.89. The van der Waals surface area contributed by atoms with Crippen LogP contribution in [0.5, 0.6) is 0 Å². The van der Waals surface area contributed by atoms with E-state index in [1.807, 2.05) is 0 Å². The molecule has 0 saturated heterocycles. The number of hydrogen-bond donors (Lipinski definition) is 1. The first-order valence-electron chi connectivity index (χ1n) is 4.74. The van der Waals surface area contributed by atoms with Gasteiger partial charge in [-0.15, -0.1) is 0 Å². The van der Waals surface area contributed by atoms with Gasteiger partial charge in [0.2, 0.25) is 0 Å². The van der Waals surface area contributed by atoms with Gasteiger partial charge in [0, 0.05) is 5.54 Å². The van der Waals surface area contributed by atoms with Gasteiger partial charge in [-0.25, -0.2) is 9.97 Å². The summed E-state index contributed by atoms with van der Waals surface area (Å²) >= 11 is 5.76. The summed E-state index contributed by atoms with van der Waals surface area (Å²) in [7, 11) is 0. The smallest absolute Gasteiger partial charge is 0.171 e. The van der Waals surface area contributed by atoms with Crippen LogP contribution in [-0.2, 0) is 0 Å². The van der Waals surface area contributed by atoms with Crippen LogP contribution < -0.4 is 5.32 Å². The molecular weight excluding hydrogens is 214 g/mol. The number of anilines is 1. The summed E-state index contributed by atoms with van der Waals surface area (Å²) < 4.78 is 0. The molecule has 1 heterocycles. The topological polar surface area (TPSA) is 54.9 Å². The van der Waals surface area contributed by atoms with Crippen LogP contribution in [0.2, 0.25) is 5.15 Å². The number of carbonyl (C=O) groups is 1. The predicted molar refractivity (Wildman–Crippen MR) is 60.4 cm³/mol. The van der Waals surface area contributed by atoms with Gasteiger partial charge >= 0.3 is 0 Å². The van der Waals surface area contributed by atoms with Crippen molar-refractivity contribution < 1.29 is 4.79 Å². The number of carbonyl (C=O) groups excluding carboxylic acids is 1. The molecule has 1 aromatic rings. The van der Waals surface area contributed by atoms with E-state index in [0.717, 1.165) is 6.42 Å². The zero-order valence-electron chi connectivity index (χ0n) is 9.04. The van der Waals surface area contributed by atoms with Crippen LogP contribution in [-0.4, -0.2) is 21.8 Å². The van der Waals surface area contributed by atoms with E-state index < -0.39 is 0 Å². The highest BCUT2D eigenvalue weighted by atomic mass is 35.5. The molecule has 4 nitrogen and oxygen atoms in total. The first kappa shape index (κ1) is 11.9. The molecule has 5 heteroatoms. The number of halogens is 1. The van der Waals surface area contributed by atoms with Gasteiger partial charge in [0.05, 0.1) is 6.20 Å². The van der Waals surface area contributed by atoms with E-state index in [-0.39, 0.29) is 16.4 Å². The van der Waals surface area contributed by atoms with Crippen molar-refractivity contribution in [1.29, 1.82) is 0 Å². The summed E-state index contributed by atoms with van der Waals surface area (Å²) in [6, 6.07) is 0. The van der Waals surface area contributed by atoms with Crippen molar-refractivity contribution in [1.82, 2.24) is 9.97 Å². The Hall–Kier alpha value is -1.16. The summed E-state index contributed by atoms with van der Waals surface area (Å²) in [6.07, 6.45) is 3.04. The Morgan fingerprint density at radius 3 is 2.73 bits per heavy atom. The zero-order chi connectivity index (χ0) is 11.5. The molecule has 0 aliphatic carbocycles. The van der Waals surface area contributed by atoms with E-state index in [9.17, 15) is 4.79 Å². The summed E-state index contributed by atoms with van der Waals surface area (Å²) in [4.78, 5) is 18.4. The minimum atomic E-state index is -0.0687. The normalized spacial score (nSPS) is 11.2. The molecule has 0 aliphatic heterocycles. The molecule has 0 radical (unpaired) electrons. The van der Waals surface area contributed by atoms with Crippen LogP contribution in [0.15, 0.2) is 6.20 Å². The van der Waals surface area contributed by atoms with E-state index in [1.54, 1.807) is 0 Å². The quantitative estimate of drug-likeness (QED) is 0.804. The lowest BCUT2D eigenvalue weighted by molar-refractivity contribution is 0.111. The third-order valence-electron chi connectivity index (χ3n) is 2.22. The molecule has 0 unspecified atom stereocenters. The number of aldehydes is 1. The van der Waals surface area contributed by atoms with Gasteiger partial charge in [0.1, 0.15) is 11.5 Å².